The van der Waals surface area contributed by atoms with Crippen molar-refractivity contribution in [2.75, 3.05) is 32.8 Å². The third-order valence-corrected chi connectivity index (χ3v) is 4.48. The molecule has 2 atom stereocenters. The minimum absolute atomic E-state index is 0.0718. The second kappa shape index (κ2) is 5.68. The molecule has 0 radical (unpaired) electrons. The molecule has 3 nitrogen and oxygen atoms in total. The lowest BCUT2D eigenvalue weighted by Crippen LogP contribution is -2.51. The van der Waals surface area contributed by atoms with Crippen LogP contribution in [0.4, 0.5) is 0 Å². The normalized spacial score (nSPS) is 36.4. The lowest BCUT2D eigenvalue weighted by molar-refractivity contribution is 0.153. The highest BCUT2D eigenvalue weighted by atomic mass is 16.5. The molecule has 0 aromatic rings. The number of ether oxygens (including phenoxy) is 1. The van der Waals surface area contributed by atoms with Gasteiger partial charge in [-0.3, -0.25) is 0 Å². The monoisotopic (exact) mass is 240 g/mol. The van der Waals surface area contributed by atoms with Gasteiger partial charge in [-0.25, -0.2) is 0 Å². The molecular weight excluding hydrogens is 212 g/mol. The maximum Gasteiger partial charge on any atom is 0.0659 e. The van der Waals surface area contributed by atoms with E-state index in [4.69, 9.17) is 10.5 Å². The molecule has 0 bridgehead atoms. The number of nitrogens with zero attached hydrogens (tertiary/aromatic N) is 1. The van der Waals surface area contributed by atoms with Crippen molar-refractivity contribution in [1.82, 2.24) is 4.90 Å². The van der Waals surface area contributed by atoms with E-state index in [-0.39, 0.29) is 5.54 Å². The molecule has 2 aliphatic heterocycles. The summed E-state index contributed by atoms with van der Waals surface area (Å²) < 4.78 is 5.44. The molecule has 2 heterocycles. The highest BCUT2D eigenvalue weighted by molar-refractivity contribution is 4.91. The van der Waals surface area contributed by atoms with E-state index in [1.807, 2.05) is 0 Å². The topological polar surface area (TPSA) is 38.5 Å². The Morgan fingerprint density at radius 2 is 2.18 bits per heavy atom. The largest absolute Gasteiger partial charge is 0.379 e. The molecule has 3 heteroatoms. The van der Waals surface area contributed by atoms with Crippen LogP contribution in [0.15, 0.2) is 0 Å². The molecule has 0 aromatic heterocycles. The van der Waals surface area contributed by atoms with Crippen LogP contribution in [0.2, 0.25) is 0 Å². The maximum atomic E-state index is 6.37. The van der Waals surface area contributed by atoms with E-state index in [1.54, 1.807) is 0 Å². The molecule has 0 aromatic carbocycles. The van der Waals surface area contributed by atoms with Crippen molar-refractivity contribution in [3.8, 4) is 0 Å². The lowest BCUT2D eigenvalue weighted by Gasteiger charge is -2.30. The first-order chi connectivity index (χ1) is 8.09. The number of rotatable bonds is 3. The van der Waals surface area contributed by atoms with Crippen LogP contribution >= 0.6 is 0 Å². The van der Waals surface area contributed by atoms with Gasteiger partial charge in [0, 0.05) is 13.2 Å². The van der Waals surface area contributed by atoms with Gasteiger partial charge < -0.3 is 15.4 Å². The molecule has 17 heavy (non-hydrogen) atoms. The molecule has 2 saturated heterocycles. The standard InChI is InChI=1S/C14H28N2O/c1-12(2)13-4-3-7-16(8-5-13)10-14(15)6-9-17-11-14/h12-13H,3-11,15H2,1-2H3. The Labute approximate surface area is 106 Å². The SMILES string of the molecule is CC(C)C1CCCN(CC2(N)CCOC2)CC1. The van der Waals surface area contributed by atoms with Gasteiger partial charge in [-0.2, -0.15) is 0 Å². The quantitative estimate of drug-likeness (QED) is 0.818. The van der Waals surface area contributed by atoms with E-state index in [2.05, 4.69) is 18.7 Å². The van der Waals surface area contributed by atoms with Crippen molar-refractivity contribution >= 4 is 0 Å². The summed E-state index contributed by atoms with van der Waals surface area (Å²) in [5.74, 6) is 1.74. The van der Waals surface area contributed by atoms with Gasteiger partial charge in [-0.15, -0.1) is 0 Å². The van der Waals surface area contributed by atoms with Gasteiger partial charge in [0.15, 0.2) is 0 Å². The van der Waals surface area contributed by atoms with Crippen molar-refractivity contribution in [1.29, 1.82) is 0 Å². The zero-order chi connectivity index (χ0) is 12.3. The Morgan fingerprint density at radius 1 is 1.35 bits per heavy atom. The Kier molecular flexibility index (Phi) is 4.45. The zero-order valence-corrected chi connectivity index (χ0v) is 11.5. The molecule has 0 spiro atoms. The Hall–Kier alpha value is -0.120. The Balaban J connectivity index is 1.82. The summed E-state index contributed by atoms with van der Waals surface area (Å²) in [7, 11) is 0. The van der Waals surface area contributed by atoms with Gasteiger partial charge in [-0.1, -0.05) is 13.8 Å². The first-order valence-corrected chi connectivity index (χ1v) is 7.18. The van der Waals surface area contributed by atoms with Crippen LogP contribution in [0.25, 0.3) is 0 Å². The minimum Gasteiger partial charge on any atom is -0.379 e. The first-order valence-electron chi connectivity index (χ1n) is 7.18. The van der Waals surface area contributed by atoms with Crippen LogP contribution in [0, 0.1) is 11.8 Å². The fourth-order valence-corrected chi connectivity index (χ4v) is 3.20. The van der Waals surface area contributed by atoms with E-state index >= 15 is 0 Å². The van der Waals surface area contributed by atoms with Crippen molar-refractivity contribution in [3.63, 3.8) is 0 Å². The van der Waals surface area contributed by atoms with E-state index in [9.17, 15) is 0 Å². The third kappa shape index (κ3) is 3.67. The van der Waals surface area contributed by atoms with E-state index < -0.39 is 0 Å². The van der Waals surface area contributed by atoms with Crippen LogP contribution in [0.3, 0.4) is 0 Å². The van der Waals surface area contributed by atoms with Crippen LogP contribution in [-0.4, -0.2) is 43.3 Å². The van der Waals surface area contributed by atoms with E-state index in [0.29, 0.717) is 0 Å². The van der Waals surface area contributed by atoms with Gasteiger partial charge in [0.1, 0.15) is 0 Å². The van der Waals surface area contributed by atoms with Gasteiger partial charge >= 0.3 is 0 Å². The van der Waals surface area contributed by atoms with Crippen LogP contribution < -0.4 is 5.73 Å². The summed E-state index contributed by atoms with van der Waals surface area (Å²) in [6, 6.07) is 0. The summed E-state index contributed by atoms with van der Waals surface area (Å²) in [6.07, 6.45) is 5.09. The summed E-state index contributed by atoms with van der Waals surface area (Å²) in [6.45, 7) is 9.78. The summed E-state index contributed by atoms with van der Waals surface area (Å²) in [5, 5.41) is 0. The van der Waals surface area contributed by atoms with Crippen molar-refractivity contribution in [3.05, 3.63) is 0 Å². The smallest absolute Gasteiger partial charge is 0.0659 e. The predicted octanol–water partition coefficient (Wildman–Crippen LogP) is 1.86. The van der Waals surface area contributed by atoms with Gasteiger partial charge in [0.2, 0.25) is 0 Å². The molecule has 0 amide bonds. The molecule has 0 aliphatic carbocycles. The van der Waals surface area contributed by atoms with Crippen LogP contribution in [0.5, 0.6) is 0 Å². The summed E-state index contributed by atoms with van der Waals surface area (Å²) >= 11 is 0. The zero-order valence-electron chi connectivity index (χ0n) is 11.5. The molecule has 2 N–H and O–H groups in total. The predicted molar refractivity (Wildman–Crippen MR) is 71.0 cm³/mol. The number of nitrogens with two attached hydrogens (primary N) is 1. The molecule has 2 rings (SSSR count). The Bertz CT molecular complexity index is 236. The Morgan fingerprint density at radius 3 is 2.82 bits per heavy atom. The molecule has 2 unspecified atom stereocenters. The molecular formula is C14H28N2O. The second-order valence-electron chi connectivity index (χ2n) is 6.38. The summed E-state index contributed by atoms with van der Waals surface area (Å²) in [4.78, 5) is 2.57. The summed E-state index contributed by atoms with van der Waals surface area (Å²) in [5.41, 5.74) is 6.30. The third-order valence-electron chi connectivity index (χ3n) is 4.48. The lowest BCUT2D eigenvalue weighted by atomic mass is 9.89. The fraction of sp³-hybridized carbons (Fsp3) is 1.00. The number of likely N-dealkylation sites (tertiary alicyclic amines) is 1. The molecule has 2 aliphatic rings. The van der Waals surface area contributed by atoms with Crippen LogP contribution in [0.1, 0.15) is 39.5 Å². The van der Waals surface area contributed by atoms with Gasteiger partial charge in [0.25, 0.3) is 0 Å². The van der Waals surface area contributed by atoms with Gasteiger partial charge in [-0.05, 0) is 50.6 Å². The van der Waals surface area contributed by atoms with Gasteiger partial charge in [0.05, 0.1) is 12.1 Å². The van der Waals surface area contributed by atoms with Crippen molar-refractivity contribution in [2.24, 2.45) is 17.6 Å². The van der Waals surface area contributed by atoms with E-state index in [0.717, 1.165) is 38.0 Å². The fourth-order valence-electron chi connectivity index (χ4n) is 3.20. The minimum atomic E-state index is -0.0718. The van der Waals surface area contributed by atoms with Crippen LogP contribution in [-0.2, 0) is 4.74 Å². The molecule has 2 fully saturated rings. The number of hydrogen-bond acceptors (Lipinski definition) is 3. The highest BCUT2D eigenvalue weighted by Crippen LogP contribution is 2.26. The number of hydrogen-bond donors (Lipinski definition) is 1. The average molecular weight is 240 g/mol. The van der Waals surface area contributed by atoms with Crippen molar-refractivity contribution < 1.29 is 4.74 Å². The first kappa shape index (κ1) is 13.3. The maximum absolute atomic E-state index is 6.37. The second-order valence-corrected chi connectivity index (χ2v) is 6.38. The molecule has 0 saturated carbocycles. The molecule has 100 valence electrons. The van der Waals surface area contributed by atoms with Crippen molar-refractivity contribution in [2.45, 2.75) is 45.1 Å². The highest BCUT2D eigenvalue weighted by Gasteiger charge is 2.33. The van der Waals surface area contributed by atoms with E-state index in [1.165, 1.54) is 32.4 Å². The average Bonchev–Trinajstić information content (AvgIpc) is 2.56.